The normalized spacial score (nSPS) is 11.2. The van der Waals surface area contributed by atoms with Crippen molar-refractivity contribution in [3.05, 3.63) is 0 Å². The van der Waals surface area contributed by atoms with E-state index < -0.39 is 0 Å². The monoisotopic (exact) mass is 202 g/mol. The molecular weight excluding hydrogens is 180 g/mol. The Balaban J connectivity index is 3.26. The standard InChI is InChI=1S/C10H22N2S/c1-9(2)8-12(3)7-5-4-6-10(11)13/h9H,4-8H2,1-3H3,(H2,11,13). The maximum Gasteiger partial charge on any atom is 0.0727 e. The first-order valence-electron chi connectivity index (χ1n) is 4.99. The summed E-state index contributed by atoms with van der Waals surface area (Å²) in [6.45, 7) is 6.81. The van der Waals surface area contributed by atoms with E-state index in [2.05, 4.69) is 25.8 Å². The molecule has 2 nitrogen and oxygen atoms in total. The number of hydrogen-bond acceptors (Lipinski definition) is 2. The van der Waals surface area contributed by atoms with Crippen molar-refractivity contribution in [3.8, 4) is 0 Å². The first kappa shape index (κ1) is 12.8. The SMILES string of the molecule is CC(C)CN(C)CCCCC(N)=S. The van der Waals surface area contributed by atoms with Crippen molar-refractivity contribution in [2.45, 2.75) is 33.1 Å². The van der Waals surface area contributed by atoms with Crippen molar-refractivity contribution in [2.75, 3.05) is 20.1 Å². The molecule has 0 amide bonds. The van der Waals surface area contributed by atoms with Gasteiger partial charge in [0.2, 0.25) is 0 Å². The first-order valence-corrected chi connectivity index (χ1v) is 5.40. The van der Waals surface area contributed by atoms with Gasteiger partial charge in [-0.25, -0.2) is 0 Å². The van der Waals surface area contributed by atoms with Crippen molar-refractivity contribution >= 4 is 17.2 Å². The van der Waals surface area contributed by atoms with Gasteiger partial charge in [-0.2, -0.15) is 0 Å². The van der Waals surface area contributed by atoms with Crippen molar-refractivity contribution in [3.63, 3.8) is 0 Å². The molecule has 0 aliphatic rings. The van der Waals surface area contributed by atoms with Crippen LogP contribution in [0.2, 0.25) is 0 Å². The molecule has 2 N–H and O–H groups in total. The summed E-state index contributed by atoms with van der Waals surface area (Å²) in [6.07, 6.45) is 3.21. The van der Waals surface area contributed by atoms with Crippen LogP contribution in [0.25, 0.3) is 0 Å². The Morgan fingerprint density at radius 2 is 2.00 bits per heavy atom. The molecule has 3 heteroatoms. The van der Waals surface area contributed by atoms with Gasteiger partial charge >= 0.3 is 0 Å². The van der Waals surface area contributed by atoms with Crippen LogP contribution in [0.15, 0.2) is 0 Å². The fourth-order valence-electron chi connectivity index (χ4n) is 1.40. The van der Waals surface area contributed by atoms with Crippen LogP contribution in [0.4, 0.5) is 0 Å². The Hall–Kier alpha value is -0.150. The number of hydrogen-bond donors (Lipinski definition) is 1. The summed E-state index contributed by atoms with van der Waals surface area (Å²) in [7, 11) is 2.17. The van der Waals surface area contributed by atoms with E-state index in [1.54, 1.807) is 0 Å². The Labute approximate surface area is 87.5 Å². The summed E-state index contributed by atoms with van der Waals surface area (Å²) < 4.78 is 0. The molecule has 0 saturated carbocycles. The van der Waals surface area contributed by atoms with E-state index >= 15 is 0 Å². The fraction of sp³-hybridized carbons (Fsp3) is 0.900. The van der Waals surface area contributed by atoms with E-state index in [9.17, 15) is 0 Å². The molecule has 0 unspecified atom stereocenters. The zero-order valence-electron chi connectivity index (χ0n) is 9.05. The number of unbranched alkanes of at least 4 members (excludes halogenated alkanes) is 1. The molecule has 0 rings (SSSR count). The molecule has 0 aromatic rings. The van der Waals surface area contributed by atoms with Crippen molar-refractivity contribution in [1.29, 1.82) is 0 Å². The minimum atomic E-state index is 0.645. The highest BCUT2D eigenvalue weighted by atomic mass is 32.1. The van der Waals surface area contributed by atoms with Crippen molar-refractivity contribution in [2.24, 2.45) is 11.7 Å². The Morgan fingerprint density at radius 3 is 2.46 bits per heavy atom. The minimum absolute atomic E-state index is 0.645. The van der Waals surface area contributed by atoms with E-state index in [0.717, 1.165) is 25.3 Å². The van der Waals surface area contributed by atoms with Crippen LogP contribution in [0, 0.1) is 5.92 Å². The minimum Gasteiger partial charge on any atom is -0.393 e. The third-order valence-electron chi connectivity index (χ3n) is 1.89. The maximum atomic E-state index is 5.41. The predicted molar refractivity (Wildman–Crippen MR) is 63.0 cm³/mol. The van der Waals surface area contributed by atoms with Gasteiger partial charge in [0.1, 0.15) is 0 Å². The van der Waals surface area contributed by atoms with Gasteiger partial charge in [0, 0.05) is 6.54 Å². The lowest BCUT2D eigenvalue weighted by atomic mass is 10.2. The predicted octanol–water partition coefficient (Wildman–Crippen LogP) is 2.03. The lowest BCUT2D eigenvalue weighted by molar-refractivity contribution is 0.290. The summed E-state index contributed by atoms with van der Waals surface area (Å²) in [5, 5.41) is 0. The van der Waals surface area contributed by atoms with Crippen LogP contribution in [0.5, 0.6) is 0 Å². The molecule has 0 heterocycles. The van der Waals surface area contributed by atoms with Gasteiger partial charge in [-0.15, -0.1) is 0 Å². The maximum absolute atomic E-state index is 5.41. The second kappa shape index (κ2) is 7.27. The zero-order valence-corrected chi connectivity index (χ0v) is 9.86. The summed E-state index contributed by atoms with van der Waals surface area (Å²) in [6, 6.07) is 0. The Morgan fingerprint density at radius 1 is 1.38 bits per heavy atom. The van der Waals surface area contributed by atoms with Gasteiger partial charge < -0.3 is 10.6 Å². The highest BCUT2D eigenvalue weighted by molar-refractivity contribution is 7.80. The first-order chi connectivity index (χ1) is 6.02. The summed E-state index contributed by atoms with van der Waals surface area (Å²) in [4.78, 5) is 3.01. The van der Waals surface area contributed by atoms with Gasteiger partial charge in [0.05, 0.1) is 4.99 Å². The second-order valence-corrected chi connectivity index (χ2v) is 4.60. The molecule has 0 aliphatic carbocycles. The number of rotatable bonds is 7. The summed E-state index contributed by atoms with van der Waals surface area (Å²) >= 11 is 4.81. The average Bonchev–Trinajstić information content (AvgIpc) is 1.96. The van der Waals surface area contributed by atoms with Crippen LogP contribution in [-0.4, -0.2) is 30.0 Å². The zero-order chi connectivity index (χ0) is 10.3. The van der Waals surface area contributed by atoms with Gasteiger partial charge in [0.15, 0.2) is 0 Å². The average molecular weight is 202 g/mol. The van der Waals surface area contributed by atoms with E-state index in [4.69, 9.17) is 18.0 Å². The topological polar surface area (TPSA) is 29.3 Å². The summed E-state index contributed by atoms with van der Waals surface area (Å²) in [5.74, 6) is 0.751. The fourth-order valence-corrected chi connectivity index (χ4v) is 1.54. The lowest BCUT2D eigenvalue weighted by Crippen LogP contribution is -2.24. The Kier molecular flexibility index (Phi) is 7.19. The van der Waals surface area contributed by atoms with Gasteiger partial charge in [-0.05, 0) is 38.8 Å². The molecule has 78 valence electrons. The molecule has 0 saturated heterocycles. The Bertz CT molecular complexity index is 146. The molecule has 0 aromatic heterocycles. The highest BCUT2D eigenvalue weighted by Crippen LogP contribution is 2.00. The van der Waals surface area contributed by atoms with E-state index in [-0.39, 0.29) is 0 Å². The van der Waals surface area contributed by atoms with Gasteiger partial charge in [0.25, 0.3) is 0 Å². The van der Waals surface area contributed by atoms with Crippen LogP contribution < -0.4 is 5.73 Å². The van der Waals surface area contributed by atoms with E-state index in [0.29, 0.717) is 4.99 Å². The molecule has 0 spiro atoms. The molecule has 0 atom stereocenters. The molecule has 13 heavy (non-hydrogen) atoms. The largest absolute Gasteiger partial charge is 0.393 e. The third-order valence-corrected chi connectivity index (χ3v) is 2.09. The number of thiocarbonyl (C=S) groups is 1. The smallest absolute Gasteiger partial charge is 0.0727 e. The van der Waals surface area contributed by atoms with Crippen LogP contribution in [0.1, 0.15) is 33.1 Å². The van der Waals surface area contributed by atoms with Crippen LogP contribution in [0.3, 0.4) is 0 Å². The molecule has 0 bridgehead atoms. The van der Waals surface area contributed by atoms with Crippen LogP contribution in [-0.2, 0) is 0 Å². The molecular formula is C10H22N2S. The van der Waals surface area contributed by atoms with Crippen LogP contribution >= 0.6 is 12.2 Å². The molecule has 0 aromatic carbocycles. The second-order valence-electron chi connectivity index (χ2n) is 4.08. The quantitative estimate of drug-likeness (QED) is 0.506. The molecule has 0 radical (unpaired) electrons. The van der Waals surface area contributed by atoms with E-state index in [1.807, 2.05) is 0 Å². The molecule has 0 fully saturated rings. The number of nitrogens with zero attached hydrogens (tertiary/aromatic N) is 1. The van der Waals surface area contributed by atoms with E-state index in [1.165, 1.54) is 13.0 Å². The van der Waals surface area contributed by atoms with Crippen molar-refractivity contribution in [1.82, 2.24) is 4.90 Å². The lowest BCUT2D eigenvalue weighted by Gasteiger charge is -2.18. The number of nitrogens with two attached hydrogens (primary N) is 1. The van der Waals surface area contributed by atoms with Gasteiger partial charge in [-0.1, -0.05) is 26.1 Å². The summed E-state index contributed by atoms with van der Waals surface area (Å²) in [5.41, 5.74) is 5.41. The third kappa shape index (κ3) is 9.77. The van der Waals surface area contributed by atoms with Gasteiger partial charge in [-0.3, -0.25) is 0 Å². The van der Waals surface area contributed by atoms with Crippen molar-refractivity contribution < 1.29 is 0 Å². The molecule has 0 aliphatic heterocycles. The highest BCUT2D eigenvalue weighted by Gasteiger charge is 2.00.